The molecule has 0 unspecified atom stereocenters. The van der Waals surface area contributed by atoms with E-state index in [4.69, 9.17) is 23.2 Å². The number of hydrogen-bond acceptors (Lipinski definition) is 3. The smallest absolute Gasteiger partial charge is 0.254 e. The van der Waals surface area contributed by atoms with Gasteiger partial charge in [0.2, 0.25) is 0 Å². The van der Waals surface area contributed by atoms with Gasteiger partial charge >= 0.3 is 0 Å². The van der Waals surface area contributed by atoms with Gasteiger partial charge in [0, 0.05) is 16.6 Å². The molecule has 1 amide bonds. The molecule has 21 heavy (non-hydrogen) atoms. The Morgan fingerprint density at radius 2 is 1.86 bits per heavy atom. The number of rotatable bonds is 4. The number of hydrogen-bond donors (Lipinski definition) is 1. The normalized spacial score (nSPS) is 10.5. The summed E-state index contributed by atoms with van der Waals surface area (Å²) in [6.45, 7) is 4.06. The maximum absolute atomic E-state index is 12.2. The number of nitrogens with one attached hydrogen (secondary N) is 1. The average molecular weight is 324 g/mol. The van der Waals surface area contributed by atoms with E-state index >= 15 is 0 Å². The predicted molar refractivity (Wildman–Crippen MR) is 84.0 cm³/mol. The van der Waals surface area contributed by atoms with E-state index in [0.29, 0.717) is 40.0 Å². The molecule has 0 saturated heterocycles. The monoisotopic (exact) mass is 323 g/mol. The zero-order chi connectivity index (χ0) is 15.4. The van der Waals surface area contributed by atoms with Crippen LogP contribution >= 0.6 is 23.2 Å². The van der Waals surface area contributed by atoms with Crippen molar-refractivity contribution in [2.24, 2.45) is 0 Å². The molecule has 0 spiro atoms. The van der Waals surface area contributed by atoms with E-state index in [1.165, 1.54) is 6.33 Å². The third-order valence-corrected chi connectivity index (χ3v) is 3.74. The molecule has 0 fully saturated rings. The molecule has 0 aliphatic heterocycles. The molecule has 1 aromatic carbocycles. The molecule has 2 rings (SSSR count). The summed E-state index contributed by atoms with van der Waals surface area (Å²) in [5, 5.41) is 4.06. The summed E-state index contributed by atoms with van der Waals surface area (Å²) >= 11 is 11.9. The number of benzene rings is 1. The van der Waals surface area contributed by atoms with Crippen LogP contribution in [0.3, 0.4) is 0 Å². The molecule has 6 heteroatoms. The fourth-order valence-electron chi connectivity index (χ4n) is 2.05. The standard InChI is InChI=1S/C15H15Cl2N3O/c1-9-14(10(2)20-8-19-9)15(21)18-6-5-11-3-4-12(16)7-13(11)17/h3-4,7-8H,5-6H2,1-2H3,(H,18,21). The van der Waals surface area contributed by atoms with E-state index in [9.17, 15) is 4.79 Å². The molecule has 1 aromatic heterocycles. The van der Waals surface area contributed by atoms with Crippen LogP contribution in [0, 0.1) is 13.8 Å². The summed E-state index contributed by atoms with van der Waals surface area (Å²) in [5.41, 5.74) is 2.81. The first-order chi connectivity index (χ1) is 9.99. The van der Waals surface area contributed by atoms with Crippen LogP contribution in [0.5, 0.6) is 0 Å². The second-order valence-electron chi connectivity index (χ2n) is 4.66. The van der Waals surface area contributed by atoms with E-state index in [-0.39, 0.29) is 5.91 Å². The average Bonchev–Trinajstić information content (AvgIpc) is 2.41. The van der Waals surface area contributed by atoms with Crippen molar-refractivity contribution in [1.29, 1.82) is 0 Å². The van der Waals surface area contributed by atoms with Gasteiger partial charge in [0.05, 0.1) is 17.0 Å². The Hall–Kier alpha value is -1.65. The third-order valence-electron chi connectivity index (χ3n) is 3.15. The predicted octanol–water partition coefficient (Wildman–Crippen LogP) is 3.37. The third kappa shape index (κ3) is 3.93. The van der Waals surface area contributed by atoms with Crippen molar-refractivity contribution in [2.75, 3.05) is 6.54 Å². The summed E-state index contributed by atoms with van der Waals surface area (Å²) in [4.78, 5) is 20.3. The van der Waals surface area contributed by atoms with Gasteiger partial charge in [0.15, 0.2) is 0 Å². The Labute approximate surface area is 133 Å². The van der Waals surface area contributed by atoms with Gasteiger partial charge in [-0.2, -0.15) is 0 Å². The highest BCUT2D eigenvalue weighted by atomic mass is 35.5. The highest BCUT2D eigenvalue weighted by Gasteiger charge is 2.13. The second kappa shape index (κ2) is 6.87. The number of aryl methyl sites for hydroxylation is 2. The molecule has 110 valence electrons. The molecule has 0 aliphatic carbocycles. The van der Waals surface area contributed by atoms with Crippen LogP contribution in [-0.4, -0.2) is 22.4 Å². The van der Waals surface area contributed by atoms with Crippen molar-refractivity contribution in [3.63, 3.8) is 0 Å². The lowest BCUT2D eigenvalue weighted by molar-refractivity contribution is 0.0952. The van der Waals surface area contributed by atoms with Crippen LogP contribution in [0.1, 0.15) is 27.3 Å². The Kier molecular flexibility index (Phi) is 5.15. The van der Waals surface area contributed by atoms with Crippen molar-refractivity contribution in [1.82, 2.24) is 15.3 Å². The number of amides is 1. The Morgan fingerprint density at radius 3 is 2.48 bits per heavy atom. The number of carbonyl (C=O) groups excluding carboxylic acids is 1. The highest BCUT2D eigenvalue weighted by Crippen LogP contribution is 2.21. The lowest BCUT2D eigenvalue weighted by Crippen LogP contribution is -2.27. The van der Waals surface area contributed by atoms with Gasteiger partial charge in [-0.15, -0.1) is 0 Å². The van der Waals surface area contributed by atoms with Crippen LogP contribution in [0.4, 0.5) is 0 Å². The maximum Gasteiger partial charge on any atom is 0.254 e. The lowest BCUT2D eigenvalue weighted by Gasteiger charge is -2.09. The van der Waals surface area contributed by atoms with E-state index in [2.05, 4.69) is 15.3 Å². The minimum Gasteiger partial charge on any atom is -0.352 e. The fourth-order valence-corrected chi connectivity index (χ4v) is 2.55. The van der Waals surface area contributed by atoms with E-state index in [1.54, 1.807) is 26.0 Å². The Bertz CT molecular complexity index is 654. The number of carbonyl (C=O) groups is 1. The molecule has 2 aromatic rings. The second-order valence-corrected chi connectivity index (χ2v) is 5.50. The van der Waals surface area contributed by atoms with Crippen LogP contribution in [-0.2, 0) is 6.42 Å². The van der Waals surface area contributed by atoms with E-state index in [0.717, 1.165) is 5.56 Å². The van der Waals surface area contributed by atoms with Crippen LogP contribution < -0.4 is 5.32 Å². The SMILES string of the molecule is Cc1ncnc(C)c1C(=O)NCCc1ccc(Cl)cc1Cl. The zero-order valence-electron chi connectivity index (χ0n) is 11.8. The topological polar surface area (TPSA) is 54.9 Å². The molecular weight excluding hydrogens is 309 g/mol. The summed E-state index contributed by atoms with van der Waals surface area (Å²) in [5.74, 6) is -0.171. The quantitative estimate of drug-likeness (QED) is 0.938. The van der Waals surface area contributed by atoms with Gasteiger partial charge in [-0.3, -0.25) is 4.79 Å². The van der Waals surface area contributed by atoms with Gasteiger partial charge in [-0.05, 0) is 38.0 Å². The molecule has 0 aliphatic rings. The minimum atomic E-state index is -0.171. The van der Waals surface area contributed by atoms with Crippen molar-refractivity contribution in [3.8, 4) is 0 Å². The first-order valence-corrected chi connectivity index (χ1v) is 7.25. The molecule has 0 bridgehead atoms. The number of aromatic nitrogens is 2. The first-order valence-electron chi connectivity index (χ1n) is 6.49. The van der Waals surface area contributed by atoms with Crippen molar-refractivity contribution >= 4 is 29.1 Å². The van der Waals surface area contributed by atoms with Crippen LogP contribution in [0.25, 0.3) is 0 Å². The molecule has 1 heterocycles. The van der Waals surface area contributed by atoms with Gasteiger partial charge in [0.1, 0.15) is 6.33 Å². The van der Waals surface area contributed by atoms with Gasteiger partial charge in [-0.1, -0.05) is 29.3 Å². The van der Waals surface area contributed by atoms with Gasteiger partial charge < -0.3 is 5.32 Å². The zero-order valence-corrected chi connectivity index (χ0v) is 13.3. The molecule has 0 atom stereocenters. The number of halogens is 2. The molecule has 4 nitrogen and oxygen atoms in total. The van der Waals surface area contributed by atoms with E-state index < -0.39 is 0 Å². The molecule has 1 N–H and O–H groups in total. The van der Waals surface area contributed by atoms with Gasteiger partial charge in [-0.25, -0.2) is 9.97 Å². The molecular formula is C15H15Cl2N3O. The van der Waals surface area contributed by atoms with Crippen molar-refractivity contribution < 1.29 is 4.79 Å². The Morgan fingerprint density at radius 1 is 1.19 bits per heavy atom. The van der Waals surface area contributed by atoms with Crippen LogP contribution in [0.2, 0.25) is 10.0 Å². The lowest BCUT2D eigenvalue weighted by atomic mass is 10.1. The van der Waals surface area contributed by atoms with Crippen LogP contribution in [0.15, 0.2) is 24.5 Å². The minimum absolute atomic E-state index is 0.171. The fraction of sp³-hybridized carbons (Fsp3) is 0.267. The summed E-state index contributed by atoms with van der Waals surface area (Å²) in [7, 11) is 0. The summed E-state index contributed by atoms with van der Waals surface area (Å²) < 4.78 is 0. The largest absolute Gasteiger partial charge is 0.352 e. The molecule has 0 saturated carbocycles. The van der Waals surface area contributed by atoms with Gasteiger partial charge in [0.25, 0.3) is 5.91 Å². The molecule has 0 radical (unpaired) electrons. The highest BCUT2D eigenvalue weighted by molar-refractivity contribution is 6.35. The van der Waals surface area contributed by atoms with Crippen molar-refractivity contribution in [2.45, 2.75) is 20.3 Å². The van der Waals surface area contributed by atoms with E-state index in [1.807, 2.05) is 6.07 Å². The first kappa shape index (κ1) is 15.7. The Balaban J connectivity index is 1.99. The number of nitrogens with zero attached hydrogens (tertiary/aromatic N) is 2. The summed E-state index contributed by atoms with van der Waals surface area (Å²) in [6.07, 6.45) is 2.09. The summed E-state index contributed by atoms with van der Waals surface area (Å²) in [6, 6.07) is 5.34. The van der Waals surface area contributed by atoms with Crippen molar-refractivity contribution in [3.05, 3.63) is 57.1 Å². The maximum atomic E-state index is 12.2.